The van der Waals surface area contributed by atoms with Crippen LogP contribution in [0.25, 0.3) is 0 Å². The molecule has 1 aromatic carbocycles. The normalized spacial score (nSPS) is 20.9. The van der Waals surface area contributed by atoms with Gasteiger partial charge in [-0.05, 0) is 50.5 Å². The molecule has 23 heavy (non-hydrogen) atoms. The number of benzene rings is 1. The number of halogens is 1. The Morgan fingerprint density at radius 1 is 1.35 bits per heavy atom. The van der Waals surface area contributed by atoms with E-state index < -0.39 is 11.7 Å². The number of fused-ring (bicyclic) bond motifs is 3. The summed E-state index contributed by atoms with van der Waals surface area (Å²) in [7, 11) is 0. The highest BCUT2D eigenvalue weighted by Crippen LogP contribution is 2.34. The van der Waals surface area contributed by atoms with Crippen molar-refractivity contribution in [3.63, 3.8) is 0 Å². The molecule has 2 aliphatic heterocycles. The Morgan fingerprint density at radius 2 is 2.09 bits per heavy atom. The highest BCUT2D eigenvalue weighted by atomic mass is 79.9. The number of hydrogen-bond donors (Lipinski definition) is 0. The lowest BCUT2D eigenvalue weighted by Gasteiger charge is -2.44. The average Bonchev–Trinajstić information content (AvgIpc) is 2.44. The molecule has 1 fully saturated rings. The number of amides is 2. The monoisotopic (exact) mass is 380 g/mol. The molecule has 2 heterocycles. The number of rotatable bonds is 0. The van der Waals surface area contributed by atoms with E-state index in [1.54, 1.807) is 0 Å². The zero-order valence-corrected chi connectivity index (χ0v) is 15.2. The van der Waals surface area contributed by atoms with E-state index in [1.165, 1.54) is 10.5 Å². The van der Waals surface area contributed by atoms with Gasteiger partial charge in [-0.3, -0.25) is 9.69 Å². The molecular formula is C17H21BrN2O3. The van der Waals surface area contributed by atoms with Crippen LogP contribution in [0.2, 0.25) is 0 Å². The molecule has 0 aromatic heterocycles. The first-order valence-electron chi connectivity index (χ1n) is 7.80. The summed E-state index contributed by atoms with van der Waals surface area (Å²) in [6.45, 7) is 6.77. The molecule has 0 saturated carbocycles. The maximum absolute atomic E-state index is 12.5. The fourth-order valence-electron chi connectivity index (χ4n) is 3.17. The van der Waals surface area contributed by atoms with Crippen LogP contribution in [0.4, 0.5) is 4.79 Å². The second-order valence-electron chi connectivity index (χ2n) is 7.06. The molecule has 124 valence electrons. The Kier molecular flexibility index (Phi) is 4.12. The third-order valence-corrected chi connectivity index (χ3v) is 4.65. The van der Waals surface area contributed by atoms with Gasteiger partial charge >= 0.3 is 6.09 Å². The maximum Gasteiger partial charge on any atom is 0.410 e. The Bertz CT molecular complexity index is 654. The van der Waals surface area contributed by atoms with E-state index in [4.69, 9.17) is 4.74 Å². The molecule has 0 N–H and O–H groups in total. The minimum absolute atomic E-state index is 0.0133. The Hall–Kier alpha value is -1.56. The third kappa shape index (κ3) is 3.37. The molecule has 0 radical (unpaired) electrons. The first-order chi connectivity index (χ1) is 10.7. The zero-order valence-electron chi connectivity index (χ0n) is 13.6. The van der Waals surface area contributed by atoms with Crippen molar-refractivity contribution < 1.29 is 14.3 Å². The standard InChI is InChI=1S/C17H21BrN2O3/c1-17(2,3)23-16(22)19-9-14-13-5-4-12(18)8-11(13)6-7-20(14)15(21)10-19/h4-5,8,14H,6-7,9-10H2,1-3H3/t14-/m0/s1. The van der Waals surface area contributed by atoms with E-state index in [9.17, 15) is 9.59 Å². The zero-order chi connectivity index (χ0) is 16.8. The second kappa shape index (κ2) is 5.82. The lowest BCUT2D eigenvalue weighted by molar-refractivity contribution is -0.140. The molecule has 2 aliphatic rings. The Labute approximate surface area is 144 Å². The SMILES string of the molecule is CC(C)(C)OC(=O)N1CC(=O)N2CCc3cc(Br)ccc3[C@@H]2C1. The minimum atomic E-state index is -0.563. The first kappa shape index (κ1) is 16.3. The minimum Gasteiger partial charge on any atom is -0.444 e. The molecule has 1 saturated heterocycles. The highest BCUT2D eigenvalue weighted by molar-refractivity contribution is 9.10. The Morgan fingerprint density at radius 3 is 2.78 bits per heavy atom. The molecule has 3 rings (SSSR count). The van der Waals surface area contributed by atoms with Gasteiger partial charge in [-0.25, -0.2) is 4.79 Å². The van der Waals surface area contributed by atoms with Crippen molar-refractivity contribution >= 4 is 27.9 Å². The van der Waals surface area contributed by atoms with Crippen molar-refractivity contribution in [1.29, 1.82) is 0 Å². The number of carbonyl (C=O) groups excluding carboxylic acids is 2. The van der Waals surface area contributed by atoms with E-state index >= 15 is 0 Å². The summed E-state index contributed by atoms with van der Waals surface area (Å²) in [5.41, 5.74) is 1.80. The fraction of sp³-hybridized carbons (Fsp3) is 0.529. The summed E-state index contributed by atoms with van der Waals surface area (Å²) >= 11 is 3.49. The second-order valence-corrected chi connectivity index (χ2v) is 7.97. The van der Waals surface area contributed by atoms with Crippen LogP contribution in [-0.4, -0.2) is 47.0 Å². The van der Waals surface area contributed by atoms with Crippen LogP contribution in [0.3, 0.4) is 0 Å². The van der Waals surface area contributed by atoms with Crippen LogP contribution >= 0.6 is 15.9 Å². The largest absolute Gasteiger partial charge is 0.444 e. The smallest absolute Gasteiger partial charge is 0.410 e. The van der Waals surface area contributed by atoms with Gasteiger partial charge in [0, 0.05) is 17.6 Å². The topological polar surface area (TPSA) is 49.9 Å². The van der Waals surface area contributed by atoms with Gasteiger partial charge in [-0.15, -0.1) is 0 Å². The summed E-state index contributed by atoms with van der Waals surface area (Å²) in [5, 5.41) is 0. The van der Waals surface area contributed by atoms with Crippen LogP contribution in [0.1, 0.15) is 37.9 Å². The van der Waals surface area contributed by atoms with Crippen molar-refractivity contribution in [2.24, 2.45) is 0 Å². The maximum atomic E-state index is 12.5. The summed E-state index contributed by atoms with van der Waals surface area (Å²) in [4.78, 5) is 28.2. The van der Waals surface area contributed by atoms with Crippen LogP contribution in [-0.2, 0) is 16.0 Å². The van der Waals surface area contributed by atoms with Gasteiger partial charge in [0.15, 0.2) is 0 Å². The average molecular weight is 381 g/mol. The van der Waals surface area contributed by atoms with E-state index in [1.807, 2.05) is 37.8 Å². The van der Waals surface area contributed by atoms with Gasteiger partial charge in [0.1, 0.15) is 12.1 Å². The summed E-state index contributed by atoms with van der Waals surface area (Å²) in [5.74, 6) is -0.0133. The number of piperazine rings is 1. The van der Waals surface area contributed by atoms with Gasteiger partial charge in [0.25, 0.3) is 0 Å². The molecule has 0 aliphatic carbocycles. The van der Waals surface area contributed by atoms with Crippen molar-refractivity contribution in [2.45, 2.75) is 38.8 Å². The molecule has 0 spiro atoms. The molecule has 1 atom stereocenters. The van der Waals surface area contributed by atoms with Gasteiger partial charge in [0.2, 0.25) is 5.91 Å². The van der Waals surface area contributed by atoms with E-state index in [-0.39, 0.29) is 18.5 Å². The Balaban J connectivity index is 1.85. The van der Waals surface area contributed by atoms with Gasteiger partial charge in [-0.1, -0.05) is 22.0 Å². The van der Waals surface area contributed by atoms with Crippen molar-refractivity contribution in [1.82, 2.24) is 9.80 Å². The summed E-state index contributed by atoms with van der Waals surface area (Å²) in [6, 6.07) is 6.05. The highest BCUT2D eigenvalue weighted by Gasteiger charge is 2.39. The van der Waals surface area contributed by atoms with E-state index in [2.05, 4.69) is 22.0 Å². The van der Waals surface area contributed by atoms with Crippen LogP contribution < -0.4 is 0 Å². The molecular weight excluding hydrogens is 360 g/mol. The quantitative estimate of drug-likeness (QED) is 0.694. The number of hydrogen-bond acceptors (Lipinski definition) is 3. The molecule has 0 bridgehead atoms. The molecule has 6 heteroatoms. The van der Waals surface area contributed by atoms with Crippen molar-refractivity contribution in [3.8, 4) is 0 Å². The van der Waals surface area contributed by atoms with Crippen LogP contribution in [0.5, 0.6) is 0 Å². The number of carbonyl (C=O) groups is 2. The lowest BCUT2D eigenvalue weighted by Crippen LogP contribution is -2.56. The molecule has 0 unspecified atom stereocenters. The predicted molar refractivity (Wildman–Crippen MR) is 90.1 cm³/mol. The number of nitrogens with zero attached hydrogens (tertiary/aromatic N) is 2. The van der Waals surface area contributed by atoms with Crippen LogP contribution in [0.15, 0.2) is 22.7 Å². The lowest BCUT2D eigenvalue weighted by atomic mass is 9.91. The van der Waals surface area contributed by atoms with Crippen molar-refractivity contribution in [3.05, 3.63) is 33.8 Å². The molecule has 1 aromatic rings. The van der Waals surface area contributed by atoms with E-state index in [0.717, 1.165) is 16.5 Å². The number of ether oxygens (including phenoxy) is 1. The van der Waals surface area contributed by atoms with Gasteiger partial charge in [0.05, 0.1) is 6.04 Å². The van der Waals surface area contributed by atoms with Crippen molar-refractivity contribution in [2.75, 3.05) is 19.6 Å². The summed E-state index contributed by atoms with van der Waals surface area (Å²) < 4.78 is 6.46. The third-order valence-electron chi connectivity index (χ3n) is 4.15. The predicted octanol–water partition coefficient (Wildman–Crippen LogP) is 3.13. The van der Waals surface area contributed by atoms with Crippen LogP contribution in [0, 0.1) is 0 Å². The molecule has 5 nitrogen and oxygen atoms in total. The first-order valence-corrected chi connectivity index (χ1v) is 8.59. The molecule has 2 amide bonds. The van der Waals surface area contributed by atoms with E-state index in [0.29, 0.717) is 13.1 Å². The fourth-order valence-corrected chi connectivity index (χ4v) is 3.58. The van der Waals surface area contributed by atoms with Gasteiger partial charge in [-0.2, -0.15) is 0 Å². The summed E-state index contributed by atoms with van der Waals surface area (Å²) in [6.07, 6.45) is 0.429. The van der Waals surface area contributed by atoms with Gasteiger partial charge < -0.3 is 9.64 Å².